The van der Waals surface area contributed by atoms with E-state index in [1.807, 2.05) is 0 Å². The minimum absolute atomic E-state index is 0.338. The van der Waals surface area contributed by atoms with E-state index in [4.69, 9.17) is 0 Å². The molecular weight excluding hydrogens is 352 g/mol. The summed E-state index contributed by atoms with van der Waals surface area (Å²) in [5.74, 6) is 0. The topological polar surface area (TPSA) is 6.48 Å². The van der Waals surface area contributed by atoms with Gasteiger partial charge in [-0.1, -0.05) is 59.7 Å². The first-order valence-electron chi connectivity index (χ1n) is 10.6. The zero-order valence-corrected chi connectivity index (χ0v) is 17.8. The molecule has 3 aromatic rings. The Balaban J connectivity index is 1.70. The third-order valence-electron chi connectivity index (χ3n) is 6.44. The van der Waals surface area contributed by atoms with Crippen molar-refractivity contribution in [3.05, 3.63) is 100 Å². The van der Waals surface area contributed by atoms with E-state index < -0.39 is 0 Å². The molecule has 3 aromatic carbocycles. The summed E-state index contributed by atoms with van der Waals surface area (Å²) in [6.45, 7) is 10.9. The second-order valence-electron chi connectivity index (χ2n) is 8.58. The van der Waals surface area contributed by atoms with E-state index in [1.54, 1.807) is 0 Å². The van der Waals surface area contributed by atoms with Crippen molar-refractivity contribution in [3.8, 4) is 0 Å². The molecule has 1 aliphatic carbocycles. The van der Waals surface area contributed by atoms with Crippen molar-refractivity contribution < 1.29 is 0 Å². The van der Waals surface area contributed by atoms with Crippen molar-refractivity contribution in [2.75, 3.05) is 22.9 Å². The Hall–Kier alpha value is -2.74. The lowest BCUT2D eigenvalue weighted by molar-refractivity contribution is 0.357. The zero-order valence-electron chi connectivity index (χ0n) is 17.8. The van der Waals surface area contributed by atoms with E-state index in [2.05, 4.69) is 105 Å². The largest absolute Gasteiger partial charge is 0.344 e. The minimum atomic E-state index is -0.338. The quantitative estimate of drug-likeness (QED) is 0.543. The molecule has 0 N–H and O–H groups in total. The molecule has 29 heavy (non-hydrogen) atoms. The molecule has 0 saturated carbocycles. The van der Waals surface area contributed by atoms with Gasteiger partial charge in [0, 0.05) is 30.0 Å². The average Bonchev–Trinajstić information content (AvgIpc) is 2.67. The fourth-order valence-electron chi connectivity index (χ4n) is 5.18. The van der Waals surface area contributed by atoms with Crippen LogP contribution in [0.3, 0.4) is 0 Å². The highest BCUT2D eigenvalue weighted by Gasteiger charge is 2.54. The molecule has 0 unspecified atom stereocenters. The maximum atomic E-state index is 3.87. The Morgan fingerprint density at radius 2 is 1.28 bits per heavy atom. The van der Waals surface area contributed by atoms with Crippen molar-refractivity contribution in [2.45, 2.75) is 39.8 Å². The highest BCUT2D eigenvalue weighted by Crippen LogP contribution is 2.53. The molecule has 1 saturated heterocycles. The summed E-state index contributed by atoms with van der Waals surface area (Å²) in [5.41, 5.74) is 10.2. The van der Waals surface area contributed by atoms with E-state index in [1.165, 1.54) is 44.8 Å². The fourth-order valence-corrected chi connectivity index (χ4v) is 5.18. The van der Waals surface area contributed by atoms with Gasteiger partial charge >= 0.3 is 0 Å². The maximum Gasteiger partial charge on any atom is 0.152 e. The number of nitrogens with zero attached hydrogens (tertiary/aromatic N) is 2. The van der Waals surface area contributed by atoms with Gasteiger partial charge in [0.15, 0.2) is 5.66 Å². The molecule has 2 radical (unpaired) electrons. The van der Waals surface area contributed by atoms with Crippen LogP contribution in [-0.2, 0) is 5.66 Å². The summed E-state index contributed by atoms with van der Waals surface area (Å²) in [7, 11) is 0. The van der Waals surface area contributed by atoms with Crippen LogP contribution < -0.4 is 9.80 Å². The first-order valence-corrected chi connectivity index (χ1v) is 10.6. The lowest BCUT2D eigenvalue weighted by atomic mass is 9.72. The van der Waals surface area contributed by atoms with Crippen LogP contribution in [0.4, 0.5) is 11.4 Å². The van der Waals surface area contributed by atoms with Gasteiger partial charge in [-0.2, -0.15) is 0 Å². The van der Waals surface area contributed by atoms with Crippen LogP contribution in [-0.4, -0.2) is 13.1 Å². The van der Waals surface area contributed by atoms with Gasteiger partial charge in [0.05, 0.1) is 6.42 Å². The highest BCUT2D eigenvalue weighted by molar-refractivity contribution is 5.73. The summed E-state index contributed by atoms with van der Waals surface area (Å²) in [6, 6.07) is 22.4. The van der Waals surface area contributed by atoms with E-state index >= 15 is 0 Å². The van der Waals surface area contributed by atoms with Gasteiger partial charge in [-0.3, -0.25) is 0 Å². The zero-order chi connectivity index (χ0) is 20.2. The summed E-state index contributed by atoms with van der Waals surface area (Å²) >= 11 is 0. The predicted octanol–water partition coefficient (Wildman–Crippen LogP) is 5.93. The van der Waals surface area contributed by atoms with E-state index in [0.29, 0.717) is 0 Å². The van der Waals surface area contributed by atoms with E-state index in [9.17, 15) is 0 Å². The van der Waals surface area contributed by atoms with E-state index in [0.717, 1.165) is 19.5 Å². The lowest BCUT2D eigenvalue weighted by Gasteiger charge is -2.61. The average molecular weight is 381 g/mol. The molecule has 0 atom stereocenters. The van der Waals surface area contributed by atoms with Crippen molar-refractivity contribution in [1.82, 2.24) is 0 Å². The van der Waals surface area contributed by atoms with Crippen LogP contribution in [0, 0.1) is 34.1 Å². The predicted molar refractivity (Wildman–Crippen MR) is 122 cm³/mol. The van der Waals surface area contributed by atoms with Crippen molar-refractivity contribution in [3.63, 3.8) is 0 Å². The summed E-state index contributed by atoms with van der Waals surface area (Å²) in [5, 5.41) is 0. The molecule has 0 amide bonds. The van der Waals surface area contributed by atoms with E-state index in [-0.39, 0.29) is 5.66 Å². The SMILES string of the molecule is Cc1ccc(N2CCCN(c3ccc(C)cc3C)C23[C]c2ccccc23)c(C)c1. The molecule has 1 heterocycles. The highest BCUT2D eigenvalue weighted by atomic mass is 15.4. The molecule has 2 aliphatic rings. The number of benzene rings is 3. The molecular formula is C27H28N2. The summed E-state index contributed by atoms with van der Waals surface area (Å²) in [6.07, 6.45) is 5.00. The van der Waals surface area contributed by atoms with Gasteiger partial charge in [0.1, 0.15) is 0 Å². The molecule has 2 nitrogen and oxygen atoms in total. The molecule has 1 fully saturated rings. The van der Waals surface area contributed by atoms with Gasteiger partial charge in [-0.15, -0.1) is 0 Å². The Labute approximate surface area is 174 Å². The smallest absolute Gasteiger partial charge is 0.152 e. The van der Waals surface area contributed by atoms with Gasteiger partial charge in [-0.25, -0.2) is 0 Å². The third-order valence-corrected chi connectivity index (χ3v) is 6.44. The maximum absolute atomic E-state index is 3.87. The number of hydrogen-bond acceptors (Lipinski definition) is 2. The second-order valence-corrected chi connectivity index (χ2v) is 8.58. The first kappa shape index (κ1) is 18.3. The van der Waals surface area contributed by atoms with Crippen LogP contribution in [0.15, 0.2) is 60.7 Å². The van der Waals surface area contributed by atoms with Gasteiger partial charge in [0.2, 0.25) is 0 Å². The molecule has 1 spiro atoms. The number of anilines is 2. The Kier molecular flexibility index (Phi) is 4.20. The third kappa shape index (κ3) is 2.69. The van der Waals surface area contributed by atoms with Crippen molar-refractivity contribution in [1.29, 1.82) is 0 Å². The number of hydrogen-bond donors (Lipinski definition) is 0. The van der Waals surface area contributed by atoms with Crippen LogP contribution in [0.25, 0.3) is 0 Å². The Morgan fingerprint density at radius 1 is 0.724 bits per heavy atom. The van der Waals surface area contributed by atoms with Crippen LogP contribution in [0.2, 0.25) is 0 Å². The van der Waals surface area contributed by atoms with Gasteiger partial charge in [-0.05, 0) is 62.9 Å². The molecule has 0 aromatic heterocycles. The lowest BCUT2D eigenvalue weighted by Crippen LogP contribution is -2.67. The number of aryl methyl sites for hydroxylation is 4. The van der Waals surface area contributed by atoms with Crippen molar-refractivity contribution in [2.24, 2.45) is 0 Å². The first-order chi connectivity index (χ1) is 14.0. The van der Waals surface area contributed by atoms with Gasteiger partial charge in [0.25, 0.3) is 0 Å². The van der Waals surface area contributed by atoms with Crippen LogP contribution in [0.1, 0.15) is 39.8 Å². The monoisotopic (exact) mass is 380 g/mol. The normalized spacial score (nSPS) is 17.2. The van der Waals surface area contributed by atoms with Gasteiger partial charge < -0.3 is 9.80 Å². The van der Waals surface area contributed by atoms with Crippen LogP contribution >= 0.6 is 0 Å². The molecule has 1 aliphatic heterocycles. The number of rotatable bonds is 2. The summed E-state index contributed by atoms with van der Waals surface area (Å²) in [4.78, 5) is 5.15. The summed E-state index contributed by atoms with van der Waals surface area (Å²) < 4.78 is 0. The second kappa shape index (κ2) is 6.66. The minimum Gasteiger partial charge on any atom is -0.344 e. The molecule has 146 valence electrons. The number of fused-ring (bicyclic) bond motifs is 2. The fraction of sp³-hybridized carbons (Fsp3) is 0.296. The standard InChI is InChI=1S/C27H28N2/c1-19-10-12-25(21(3)16-19)28-14-7-15-29(26-13-11-20(2)17-22(26)4)27(28)18-23-8-5-6-9-24(23)27/h5-6,8-13,16-17H,7,14-15H2,1-4H3. The molecule has 5 rings (SSSR count). The molecule has 2 heteroatoms. The molecule has 0 bridgehead atoms. The van der Waals surface area contributed by atoms with Crippen LogP contribution in [0.5, 0.6) is 0 Å². The van der Waals surface area contributed by atoms with Crippen molar-refractivity contribution >= 4 is 11.4 Å². The Bertz CT molecular complexity index is 1020. The Morgan fingerprint density at radius 3 is 1.79 bits per heavy atom.